The highest BCUT2D eigenvalue weighted by Crippen LogP contribution is 2.68. The molecule has 4 aliphatic carbocycles. The standard InChI is InChI=1S/C40H57N7O11/c1-24(4-11-35(50)56-21-20-55-19-18-54-17-16-42-46-41)28-7-8-29-27-6-5-25-22-26(12-14-39(25,2)30(27)13-15-40(28,29)3)57-38(51)32(23-34(48)49)43-31-9-10-33(47(52)53)37-36(31)44-58-45-37/h9-10,24-30,32,43H,4-8,11-23H2,1-3H3,(H,48,49)/t24?,25-,26-,27+,28?,29+,30+,32+,39+,40-/m1/s1. The Balaban J connectivity index is 0.977. The summed E-state index contributed by atoms with van der Waals surface area (Å²) >= 11 is 0. The summed E-state index contributed by atoms with van der Waals surface area (Å²) < 4.78 is 27.0. The van der Waals surface area contributed by atoms with Crippen LogP contribution in [0.25, 0.3) is 21.5 Å². The number of nitrogens with one attached hydrogen (secondary N) is 1. The van der Waals surface area contributed by atoms with Gasteiger partial charge in [-0.15, -0.1) is 0 Å². The van der Waals surface area contributed by atoms with Gasteiger partial charge < -0.3 is 29.4 Å². The number of fused-ring (bicyclic) bond motifs is 6. The van der Waals surface area contributed by atoms with Gasteiger partial charge in [-0.2, -0.15) is 0 Å². The van der Waals surface area contributed by atoms with Gasteiger partial charge in [0, 0.05) is 23.9 Å². The van der Waals surface area contributed by atoms with Gasteiger partial charge in [0.05, 0.1) is 43.5 Å². The number of carbonyl (C=O) groups is 3. The minimum atomic E-state index is -1.25. The molecule has 318 valence electrons. The van der Waals surface area contributed by atoms with Gasteiger partial charge in [0.2, 0.25) is 5.52 Å². The number of benzene rings is 1. The van der Waals surface area contributed by atoms with E-state index in [1.807, 2.05) is 0 Å². The molecule has 4 saturated carbocycles. The minimum Gasteiger partial charge on any atom is -0.481 e. The molecular formula is C40H57N7O11. The molecule has 0 amide bonds. The van der Waals surface area contributed by atoms with Gasteiger partial charge in [-0.25, -0.2) is 9.42 Å². The molecule has 1 aromatic heterocycles. The molecule has 0 bridgehead atoms. The number of azide groups is 1. The van der Waals surface area contributed by atoms with Crippen molar-refractivity contribution in [3.63, 3.8) is 0 Å². The monoisotopic (exact) mass is 811 g/mol. The molecule has 10 atom stereocenters. The zero-order valence-corrected chi connectivity index (χ0v) is 33.7. The fourth-order valence-electron chi connectivity index (χ4n) is 11.5. The van der Waals surface area contributed by atoms with Gasteiger partial charge in [0.1, 0.15) is 18.8 Å². The van der Waals surface area contributed by atoms with E-state index < -0.39 is 29.3 Å². The number of aromatic nitrogens is 2. The van der Waals surface area contributed by atoms with Crippen LogP contribution in [0.3, 0.4) is 0 Å². The van der Waals surface area contributed by atoms with Crippen LogP contribution < -0.4 is 5.32 Å². The van der Waals surface area contributed by atoms with Gasteiger partial charge in [-0.3, -0.25) is 19.7 Å². The first-order valence-electron chi connectivity index (χ1n) is 20.8. The van der Waals surface area contributed by atoms with E-state index in [4.69, 9.17) is 29.1 Å². The fraction of sp³-hybridized carbons (Fsp3) is 0.775. The highest BCUT2D eigenvalue weighted by molar-refractivity contribution is 5.95. The lowest BCUT2D eigenvalue weighted by Crippen LogP contribution is -2.54. The number of carboxylic acids is 1. The van der Waals surface area contributed by atoms with Crippen LogP contribution in [-0.2, 0) is 33.3 Å². The molecule has 18 heteroatoms. The zero-order valence-electron chi connectivity index (χ0n) is 33.7. The van der Waals surface area contributed by atoms with Crippen LogP contribution in [0.2, 0.25) is 0 Å². The first-order chi connectivity index (χ1) is 27.9. The number of rotatable bonds is 20. The second-order valence-electron chi connectivity index (χ2n) is 17.3. The number of hydrogen-bond donors (Lipinski definition) is 2. The Hall–Kier alpha value is -4.54. The molecule has 58 heavy (non-hydrogen) atoms. The molecule has 18 nitrogen and oxygen atoms in total. The number of anilines is 1. The van der Waals surface area contributed by atoms with Crippen molar-refractivity contribution < 1.29 is 48.0 Å². The van der Waals surface area contributed by atoms with Crippen molar-refractivity contribution in [2.75, 3.05) is 44.9 Å². The molecule has 2 N–H and O–H groups in total. The third kappa shape index (κ3) is 9.50. The van der Waals surface area contributed by atoms with Gasteiger partial charge >= 0.3 is 23.6 Å². The number of non-ortho nitro benzene ring substituents is 1. The van der Waals surface area contributed by atoms with Crippen molar-refractivity contribution in [3.05, 3.63) is 32.7 Å². The summed E-state index contributed by atoms with van der Waals surface area (Å²) in [6.07, 6.45) is 9.63. The lowest BCUT2D eigenvalue weighted by molar-refractivity contribution is -0.383. The number of nitrogens with zero attached hydrogens (tertiary/aromatic N) is 6. The summed E-state index contributed by atoms with van der Waals surface area (Å²) in [4.78, 5) is 51.4. The van der Waals surface area contributed by atoms with E-state index >= 15 is 0 Å². The molecule has 0 aliphatic heterocycles. The molecule has 0 radical (unpaired) electrons. The Morgan fingerprint density at radius 1 is 1.02 bits per heavy atom. The van der Waals surface area contributed by atoms with Crippen LogP contribution in [0.4, 0.5) is 11.4 Å². The van der Waals surface area contributed by atoms with E-state index in [-0.39, 0.29) is 58.5 Å². The highest BCUT2D eigenvalue weighted by atomic mass is 16.6. The van der Waals surface area contributed by atoms with Crippen LogP contribution in [0, 0.1) is 56.5 Å². The Morgan fingerprint density at radius 3 is 2.50 bits per heavy atom. The summed E-state index contributed by atoms with van der Waals surface area (Å²) in [7, 11) is 0. The number of carboxylic acid groups (broad SMARTS) is 1. The maximum Gasteiger partial charge on any atom is 0.329 e. The largest absolute Gasteiger partial charge is 0.481 e. The number of nitro benzene ring substituents is 1. The molecule has 6 rings (SSSR count). The predicted molar refractivity (Wildman–Crippen MR) is 208 cm³/mol. The third-order valence-corrected chi connectivity index (χ3v) is 14.3. The quantitative estimate of drug-likeness (QED) is 0.0254. The fourth-order valence-corrected chi connectivity index (χ4v) is 11.5. The average Bonchev–Trinajstić information content (AvgIpc) is 3.83. The van der Waals surface area contributed by atoms with Crippen molar-refractivity contribution in [2.24, 2.45) is 51.5 Å². The van der Waals surface area contributed by atoms with Crippen LogP contribution in [0.1, 0.15) is 97.8 Å². The second kappa shape index (κ2) is 19.0. The third-order valence-electron chi connectivity index (χ3n) is 14.3. The van der Waals surface area contributed by atoms with Crippen molar-refractivity contribution in [1.29, 1.82) is 0 Å². The van der Waals surface area contributed by atoms with Crippen LogP contribution in [0.5, 0.6) is 0 Å². The predicted octanol–water partition coefficient (Wildman–Crippen LogP) is 7.26. The van der Waals surface area contributed by atoms with E-state index in [9.17, 15) is 29.6 Å². The van der Waals surface area contributed by atoms with Crippen molar-refractivity contribution in [2.45, 2.75) is 110 Å². The molecule has 4 aliphatic rings. The summed E-state index contributed by atoms with van der Waals surface area (Å²) in [5.74, 6) is 1.17. The second-order valence-corrected chi connectivity index (χ2v) is 17.3. The van der Waals surface area contributed by atoms with Crippen LogP contribution in [-0.4, -0.2) is 90.0 Å². The van der Waals surface area contributed by atoms with E-state index in [1.165, 1.54) is 37.8 Å². The number of aliphatic carboxylic acids is 1. The maximum atomic E-state index is 13.6. The van der Waals surface area contributed by atoms with E-state index in [2.05, 4.69) is 46.4 Å². The molecule has 4 fully saturated rings. The molecule has 1 heterocycles. The number of nitro groups is 1. The van der Waals surface area contributed by atoms with E-state index in [1.54, 1.807) is 0 Å². The number of ether oxygens (including phenoxy) is 4. The Morgan fingerprint density at radius 2 is 1.74 bits per heavy atom. The zero-order chi connectivity index (χ0) is 41.5. The van der Waals surface area contributed by atoms with Crippen molar-refractivity contribution in [1.82, 2.24) is 10.3 Å². The minimum absolute atomic E-state index is 0.0215. The summed E-state index contributed by atoms with van der Waals surface area (Å²) in [6.45, 7) is 9.15. The van der Waals surface area contributed by atoms with Crippen molar-refractivity contribution >= 4 is 40.3 Å². The summed E-state index contributed by atoms with van der Waals surface area (Å²) in [6, 6.07) is 1.31. The van der Waals surface area contributed by atoms with E-state index in [0.717, 1.165) is 32.1 Å². The van der Waals surface area contributed by atoms with Gasteiger partial charge in [0.25, 0.3) is 0 Å². The molecule has 0 spiro atoms. The molecule has 2 aromatic rings. The lowest BCUT2D eigenvalue weighted by Gasteiger charge is -2.61. The maximum absolute atomic E-state index is 13.6. The molecule has 2 unspecified atom stereocenters. The smallest absolute Gasteiger partial charge is 0.329 e. The Labute approximate surface area is 337 Å². The normalized spacial score (nSPS) is 29.8. The number of hydrogen-bond acceptors (Lipinski definition) is 14. The Kier molecular flexibility index (Phi) is 14.1. The lowest BCUT2D eigenvalue weighted by atomic mass is 9.44. The summed E-state index contributed by atoms with van der Waals surface area (Å²) in [5.41, 5.74) is 8.42. The van der Waals surface area contributed by atoms with Crippen molar-refractivity contribution in [3.8, 4) is 0 Å². The number of esters is 2. The molecular weight excluding hydrogens is 754 g/mol. The summed E-state index contributed by atoms with van der Waals surface area (Å²) in [5, 5.41) is 34.7. The number of carbonyl (C=O) groups excluding carboxylic acids is 2. The first kappa shape index (κ1) is 43.0. The Bertz CT molecular complexity index is 1840. The van der Waals surface area contributed by atoms with Gasteiger partial charge in [-0.05, 0) is 132 Å². The first-order valence-corrected chi connectivity index (χ1v) is 20.8. The SMILES string of the molecule is CC(CCC(=O)OCCOCCOCCN=[N+]=[N-])C1CC[C@H]2[C@@H]3CC[C@@H]4C[C@H](OC(=O)[C@H](CC(=O)O)Nc5ccc([N+](=O)[O-])c6nonc56)CC[C@]4(C)[C@H]3CC[C@]12C. The molecule has 1 aromatic carbocycles. The average molecular weight is 812 g/mol. The van der Waals surface area contributed by atoms with E-state index in [0.29, 0.717) is 74.8 Å². The highest BCUT2D eigenvalue weighted by Gasteiger charge is 2.60. The van der Waals surface area contributed by atoms with Gasteiger partial charge in [-0.1, -0.05) is 25.9 Å². The van der Waals surface area contributed by atoms with Crippen LogP contribution >= 0.6 is 0 Å². The topological polar surface area (TPSA) is 251 Å². The van der Waals surface area contributed by atoms with Gasteiger partial charge in [0.15, 0.2) is 5.52 Å². The van der Waals surface area contributed by atoms with Crippen LogP contribution in [0.15, 0.2) is 21.9 Å². The molecule has 0 saturated heterocycles.